The van der Waals surface area contributed by atoms with Crippen molar-refractivity contribution in [1.82, 2.24) is 4.98 Å². The summed E-state index contributed by atoms with van der Waals surface area (Å²) >= 11 is 1.56. The van der Waals surface area contributed by atoms with Crippen LogP contribution in [0.1, 0.15) is 5.69 Å². The molecule has 0 amide bonds. The number of pyridine rings is 1. The lowest BCUT2D eigenvalue weighted by Crippen LogP contribution is -1.86. The quantitative estimate of drug-likeness (QED) is 0.829. The Hall–Kier alpha value is -1.99. The normalized spacial score (nSPS) is 9.65. The molecule has 0 saturated heterocycles. The Labute approximate surface area is 104 Å². The van der Waals surface area contributed by atoms with Gasteiger partial charge in [0, 0.05) is 11.1 Å². The average Bonchev–Trinajstić information content (AvgIpc) is 2.40. The summed E-state index contributed by atoms with van der Waals surface area (Å²) in [6.07, 6.45) is 1.69. The van der Waals surface area contributed by atoms with E-state index in [9.17, 15) is 0 Å². The Bertz CT molecular complexity index is 546. The van der Waals surface area contributed by atoms with Crippen LogP contribution in [-0.2, 0) is 0 Å². The molecular weight excluding hydrogens is 232 g/mol. The maximum Gasteiger partial charge on any atom is 0.140 e. The van der Waals surface area contributed by atoms with Gasteiger partial charge in [0.2, 0.25) is 0 Å². The van der Waals surface area contributed by atoms with Crippen molar-refractivity contribution in [3.8, 4) is 11.8 Å². The third-order valence-electron chi connectivity index (χ3n) is 2.15. The summed E-state index contributed by atoms with van der Waals surface area (Å²) in [5.74, 6) is 0.835. The first kappa shape index (κ1) is 11.5. The number of aromatic nitrogens is 1. The van der Waals surface area contributed by atoms with Gasteiger partial charge in [0.15, 0.2) is 0 Å². The standard InChI is InChI=1S/C13H10N2OS/c1-16-12-4-2-3-5-13(12)17-11-7-6-10(8-14)15-9-11/h2-7,9H,1H3. The molecule has 0 aliphatic heterocycles. The van der Waals surface area contributed by atoms with Crippen molar-refractivity contribution < 1.29 is 4.74 Å². The zero-order valence-electron chi connectivity index (χ0n) is 9.25. The minimum Gasteiger partial charge on any atom is -0.496 e. The summed E-state index contributed by atoms with van der Waals surface area (Å²) in [7, 11) is 1.65. The lowest BCUT2D eigenvalue weighted by Gasteiger charge is -2.06. The van der Waals surface area contributed by atoms with Gasteiger partial charge in [0.05, 0.1) is 12.0 Å². The molecule has 0 bridgehead atoms. The van der Waals surface area contributed by atoms with E-state index in [1.54, 1.807) is 31.1 Å². The molecule has 0 unspecified atom stereocenters. The van der Waals surface area contributed by atoms with Crippen molar-refractivity contribution in [2.45, 2.75) is 9.79 Å². The van der Waals surface area contributed by atoms with Gasteiger partial charge in [-0.2, -0.15) is 5.26 Å². The lowest BCUT2D eigenvalue weighted by molar-refractivity contribution is 0.405. The number of rotatable bonds is 3. The first-order chi connectivity index (χ1) is 8.33. The van der Waals surface area contributed by atoms with Gasteiger partial charge in [0.25, 0.3) is 0 Å². The molecular formula is C13H10N2OS. The highest BCUT2D eigenvalue weighted by molar-refractivity contribution is 7.99. The molecule has 0 fully saturated rings. The van der Waals surface area contributed by atoms with E-state index in [1.807, 2.05) is 36.4 Å². The molecule has 1 aromatic carbocycles. The third kappa shape index (κ3) is 2.77. The number of para-hydroxylation sites is 1. The maximum absolute atomic E-state index is 8.66. The zero-order valence-corrected chi connectivity index (χ0v) is 10.1. The summed E-state index contributed by atoms with van der Waals surface area (Å²) in [5, 5.41) is 8.66. The minimum atomic E-state index is 0.425. The van der Waals surface area contributed by atoms with Crippen molar-refractivity contribution in [2.75, 3.05) is 7.11 Å². The van der Waals surface area contributed by atoms with Gasteiger partial charge in [0.1, 0.15) is 17.5 Å². The van der Waals surface area contributed by atoms with E-state index in [0.29, 0.717) is 5.69 Å². The number of nitrogens with zero attached hydrogens (tertiary/aromatic N) is 2. The molecule has 0 radical (unpaired) electrons. The number of hydrogen-bond donors (Lipinski definition) is 0. The molecule has 0 spiro atoms. The van der Waals surface area contributed by atoms with Gasteiger partial charge in [-0.05, 0) is 24.3 Å². The predicted molar refractivity (Wildman–Crippen MR) is 66.1 cm³/mol. The van der Waals surface area contributed by atoms with Crippen LogP contribution in [0.3, 0.4) is 0 Å². The van der Waals surface area contributed by atoms with Gasteiger partial charge in [-0.15, -0.1) is 0 Å². The Morgan fingerprint density at radius 3 is 2.71 bits per heavy atom. The molecule has 2 aromatic rings. The monoisotopic (exact) mass is 242 g/mol. The van der Waals surface area contributed by atoms with Gasteiger partial charge in [-0.3, -0.25) is 0 Å². The summed E-state index contributed by atoms with van der Waals surface area (Å²) in [4.78, 5) is 6.04. The van der Waals surface area contributed by atoms with E-state index < -0.39 is 0 Å². The molecule has 2 rings (SSSR count). The molecule has 1 heterocycles. The average molecular weight is 242 g/mol. The lowest BCUT2D eigenvalue weighted by atomic mass is 10.3. The minimum absolute atomic E-state index is 0.425. The highest BCUT2D eigenvalue weighted by Gasteiger charge is 2.04. The first-order valence-electron chi connectivity index (χ1n) is 5.00. The van der Waals surface area contributed by atoms with Crippen LogP contribution in [0.2, 0.25) is 0 Å². The van der Waals surface area contributed by atoms with Gasteiger partial charge in [-0.1, -0.05) is 23.9 Å². The van der Waals surface area contributed by atoms with Crippen LogP contribution >= 0.6 is 11.8 Å². The van der Waals surface area contributed by atoms with Crippen LogP contribution in [0.25, 0.3) is 0 Å². The largest absolute Gasteiger partial charge is 0.496 e. The fourth-order valence-electron chi connectivity index (χ4n) is 1.34. The Morgan fingerprint density at radius 2 is 2.06 bits per heavy atom. The molecule has 84 valence electrons. The predicted octanol–water partition coefficient (Wildman–Crippen LogP) is 3.11. The SMILES string of the molecule is COc1ccccc1Sc1ccc(C#N)nc1. The van der Waals surface area contributed by atoms with Gasteiger partial charge < -0.3 is 4.74 Å². The summed E-state index contributed by atoms with van der Waals surface area (Å²) in [6.45, 7) is 0. The second-order valence-corrected chi connectivity index (χ2v) is 4.36. The third-order valence-corrected chi connectivity index (χ3v) is 3.18. The van der Waals surface area contributed by atoms with Crippen LogP contribution in [0, 0.1) is 11.3 Å². The molecule has 3 nitrogen and oxygen atoms in total. The van der Waals surface area contributed by atoms with E-state index >= 15 is 0 Å². The molecule has 4 heteroatoms. The van der Waals surface area contributed by atoms with Crippen molar-refractivity contribution in [2.24, 2.45) is 0 Å². The van der Waals surface area contributed by atoms with Crippen LogP contribution in [0.15, 0.2) is 52.4 Å². The number of methoxy groups -OCH3 is 1. The smallest absolute Gasteiger partial charge is 0.140 e. The molecule has 0 aliphatic rings. The van der Waals surface area contributed by atoms with E-state index in [0.717, 1.165) is 15.5 Å². The second-order valence-electron chi connectivity index (χ2n) is 3.24. The van der Waals surface area contributed by atoms with Crippen LogP contribution < -0.4 is 4.74 Å². The van der Waals surface area contributed by atoms with Crippen molar-refractivity contribution in [1.29, 1.82) is 5.26 Å². The summed E-state index contributed by atoms with van der Waals surface area (Å²) in [6, 6.07) is 13.4. The van der Waals surface area contributed by atoms with E-state index in [4.69, 9.17) is 10.00 Å². The van der Waals surface area contributed by atoms with E-state index in [2.05, 4.69) is 4.98 Å². The van der Waals surface area contributed by atoms with E-state index in [-0.39, 0.29) is 0 Å². The topological polar surface area (TPSA) is 45.9 Å². The Balaban J connectivity index is 2.22. The number of hydrogen-bond acceptors (Lipinski definition) is 4. The molecule has 1 aromatic heterocycles. The van der Waals surface area contributed by atoms with Gasteiger partial charge >= 0.3 is 0 Å². The summed E-state index contributed by atoms with van der Waals surface area (Å²) < 4.78 is 5.27. The second kappa shape index (κ2) is 5.37. The van der Waals surface area contributed by atoms with Crippen LogP contribution in [0.5, 0.6) is 5.75 Å². The van der Waals surface area contributed by atoms with Crippen molar-refractivity contribution in [3.63, 3.8) is 0 Å². The number of benzene rings is 1. The fraction of sp³-hybridized carbons (Fsp3) is 0.0769. The Kier molecular flexibility index (Phi) is 3.63. The van der Waals surface area contributed by atoms with Crippen LogP contribution in [-0.4, -0.2) is 12.1 Å². The number of ether oxygens (including phenoxy) is 1. The highest BCUT2D eigenvalue weighted by atomic mass is 32.2. The maximum atomic E-state index is 8.66. The van der Waals surface area contributed by atoms with E-state index in [1.165, 1.54) is 0 Å². The molecule has 0 atom stereocenters. The first-order valence-corrected chi connectivity index (χ1v) is 5.82. The molecule has 17 heavy (non-hydrogen) atoms. The van der Waals surface area contributed by atoms with Crippen LogP contribution in [0.4, 0.5) is 0 Å². The molecule has 0 aliphatic carbocycles. The summed E-state index contributed by atoms with van der Waals surface area (Å²) in [5.41, 5.74) is 0.425. The van der Waals surface area contributed by atoms with Gasteiger partial charge in [-0.25, -0.2) is 4.98 Å². The Morgan fingerprint density at radius 1 is 1.24 bits per heavy atom. The molecule has 0 N–H and O–H groups in total. The molecule has 0 saturated carbocycles. The highest BCUT2D eigenvalue weighted by Crippen LogP contribution is 2.34. The van der Waals surface area contributed by atoms with Crippen molar-refractivity contribution >= 4 is 11.8 Å². The zero-order chi connectivity index (χ0) is 12.1. The number of nitriles is 1. The van der Waals surface area contributed by atoms with Crippen molar-refractivity contribution in [3.05, 3.63) is 48.3 Å². The fourth-order valence-corrected chi connectivity index (χ4v) is 2.23.